The monoisotopic (exact) mass is 450 g/mol. The van der Waals surface area contributed by atoms with Gasteiger partial charge in [-0.3, -0.25) is 9.69 Å². The average Bonchev–Trinajstić information content (AvgIpc) is 3.16. The average molecular weight is 451 g/mol. The summed E-state index contributed by atoms with van der Waals surface area (Å²) in [7, 11) is 0. The molecule has 3 aromatic rings. The Kier molecular flexibility index (Phi) is 6.27. The van der Waals surface area contributed by atoms with Gasteiger partial charge in [0, 0.05) is 37.3 Å². The van der Waals surface area contributed by atoms with E-state index in [4.69, 9.17) is 10.1 Å². The zero-order valence-electron chi connectivity index (χ0n) is 20.4. The first-order valence-corrected chi connectivity index (χ1v) is 11.5. The number of hydrogen-bond acceptors (Lipinski definition) is 4. The molecule has 6 nitrogen and oxygen atoms in total. The zero-order chi connectivity index (χ0) is 23.9. The first kappa shape index (κ1) is 23.4. The third kappa shape index (κ3) is 4.78. The lowest BCUT2D eigenvalue weighted by Crippen LogP contribution is -2.61. The highest BCUT2D eigenvalue weighted by Gasteiger charge is 2.38. The molecule has 1 aliphatic heterocycles. The fourth-order valence-electron chi connectivity index (χ4n) is 4.64. The van der Waals surface area contributed by atoms with Gasteiger partial charge in [-0.1, -0.05) is 27.7 Å². The maximum Gasteiger partial charge on any atom is 0.274 e. The summed E-state index contributed by atoms with van der Waals surface area (Å²) in [5, 5.41) is 4.70. The summed E-state index contributed by atoms with van der Waals surface area (Å²) in [6, 6.07) is 8.28. The number of rotatable bonds is 5. The number of piperazine rings is 1. The standard InChI is InChI=1S/C26H33FN5O/c1-17(2)14-30-11-12-31(26(5,6)16-30)25(33)23-15-32-24(28-23)21(18(3)4)13-22(29-32)19-7-9-20(27)10-8-19/h7-10,13,15,18H,11-12,14,16H2,1-6H3. The predicted octanol–water partition coefficient (Wildman–Crippen LogP) is 4.81. The van der Waals surface area contributed by atoms with Gasteiger partial charge in [0.2, 0.25) is 0 Å². The van der Waals surface area contributed by atoms with Crippen LogP contribution in [0.1, 0.15) is 63.5 Å². The number of imidazole rings is 1. The van der Waals surface area contributed by atoms with E-state index in [9.17, 15) is 9.18 Å². The minimum Gasteiger partial charge on any atom is -0.330 e. The molecule has 3 heterocycles. The number of aromatic nitrogens is 3. The van der Waals surface area contributed by atoms with Gasteiger partial charge in [-0.2, -0.15) is 5.10 Å². The lowest BCUT2D eigenvalue weighted by atomic mass is 9.97. The van der Waals surface area contributed by atoms with Crippen molar-refractivity contribution in [1.82, 2.24) is 24.4 Å². The van der Waals surface area contributed by atoms with E-state index in [-0.39, 0.29) is 23.2 Å². The summed E-state index contributed by atoms with van der Waals surface area (Å²) in [5.41, 5.74) is 3.34. The Labute approximate surface area is 195 Å². The van der Waals surface area contributed by atoms with Gasteiger partial charge in [0.05, 0.1) is 17.4 Å². The normalized spacial score (nSPS) is 16.8. The molecule has 7 heteroatoms. The molecule has 0 unspecified atom stereocenters. The van der Waals surface area contributed by atoms with Crippen LogP contribution in [0.3, 0.4) is 0 Å². The highest BCUT2D eigenvalue weighted by molar-refractivity contribution is 5.93. The van der Waals surface area contributed by atoms with Crippen LogP contribution in [0.2, 0.25) is 0 Å². The topological polar surface area (TPSA) is 53.7 Å². The van der Waals surface area contributed by atoms with Gasteiger partial charge < -0.3 is 4.90 Å². The third-order valence-corrected chi connectivity index (χ3v) is 6.20. The van der Waals surface area contributed by atoms with Gasteiger partial charge >= 0.3 is 0 Å². The lowest BCUT2D eigenvalue weighted by Gasteiger charge is -2.47. The summed E-state index contributed by atoms with van der Waals surface area (Å²) >= 11 is 0. The summed E-state index contributed by atoms with van der Waals surface area (Å²) in [4.78, 5) is 22.6. The van der Waals surface area contributed by atoms with Crippen LogP contribution >= 0.6 is 0 Å². The number of carbonyl (C=O) groups excluding carboxylic acids is 1. The Morgan fingerprint density at radius 1 is 1.15 bits per heavy atom. The van der Waals surface area contributed by atoms with E-state index in [2.05, 4.69) is 46.4 Å². The van der Waals surface area contributed by atoms with E-state index >= 15 is 0 Å². The van der Waals surface area contributed by atoms with Gasteiger partial charge in [0.25, 0.3) is 5.91 Å². The molecular weight excluding hydrogens is 417 g/mol. The fourth-order valence-corrected chi connectivity index (χ4v) is 4.64. The SMILES string of the molecule is C[C](C)CN1CCN(C(=O)c2cn3nc(-c4ccc(F)cc4)cc(C(C)C)c3n2)C(C)(C)C1. The second-order valence-electron chi connectivity index (χ2n) is 10.2. The summed E-state index contributed by atoms with van der Waals surface area (Å²) in [5.74, 6) is 1.21. The third-order valence-electron chi connectivity index (χ3n) is 6.20. The van der Waals surface area contributed by atoms with Gasteiger partial charge in [-0.05, 0) is 56.0 Å². The summed E-state index contributed by atoms with van der Waals surface area (Å²) in [6.45, 7) is 16.0. The van der Waals surface area contributed by atoms with Crippen molar-refractivity contribution in [3.63, 3.8) is 0 Å². The maximum atomic E-state index is 13.5. The van der Waals surface area contributed by atoms with E-state index < -0.39 is 0 Å². The molecule has 1 amide bonds. The fraction of sp³-hybridized carbons (Fsp3) is 0.462. The van der Waals surface area contributed by atoms with Crippen molar-refractivity contribution in [2.45, 2.75) is 53.0 Å². The smallest absolute Gasteiger partial charge is 0.274 e. The Morgan fingerprint density at radius 3 is 2.45 bits per heavy atom. The van der Waals surface area contributed by atoms with E-state index in [1.807, 2.05) is 11.0 Å². The van der Waals surface area contributed by atoms with Crippen molar-refractivity contribution < 1.29 is 9.18 Å². The quantitative estimate of drug-likeness (QED) is 0.560. The molecule has 0 spiro atoms. The lowest BCUT2D eigenvalue weighted by molar-refractivity contribution is 0.0190. The van der Waals surface area contributed by atoms with Gasteiger partial charge in [-0.15, -0.1) is 0 Å². The molecule has 0 saturated carbocycles. The van der Waals surface area contributed by atoms with Gasteiger partial charge in [0.15, 0.2) is 5.65 Å². The molecule has 2 aromatic heterocycles. The number of hydrogen-bond donors (Lipinski definition) is 0. The van der Waals surface area contributed by atoms with Crippen molar-refractivity contribution in [3.8, 4) is 11.3 Å². The van der Waals surface area contributed by atoms with Crippen LogP contribution in [-0.4, -0.2) is 62.0 Å². The second kappa shape index (κ2) is 8.86. The number of carbonyl (C=O) groups is 1. The summed E-state index contributed by atoms with van der Waals surface area (Å²) in [6.07, 6.45) is 1.73. The molecule has 0 N–H and O–H groups in total. The molecule has 0 atom stereocenters. The zero-order valence-corrected chi connectivity index (χ0v) is 20.4. The number of fused-ring (bicyclic) bond motifs is 1. The van der Waals surface area contributed by atoms with Crippen LogP contribution in [0.4, 0.5) is 4.39 Å². The van der Waals surface area contributed by atoms with Gasteiger partial charge in [-0.25, -0.2) is 13.9 Å². The van der Waals surface area contributed by atoms with Crippen LogP contribution in [0, 0.1) is 11.7 Å². The highest BCUT2D eigenvalue weighted by Crippen LogP contribution is 2.28. The van der Waals surface area contributed by atoms with Crippen LogP contribution in [0.25, 0.3) is 16.9 Å². The van der Waals surface area contributed by atoms with E-state index in [0.717, 1.165) is 36.5 Å². The van der Waals surface area contributed by atoms with E-state index in [1.165, 1.54) is 18.1 Å². The summed E-state index contributed by atoms with van der Waals surface area (Å²) < 4.78 is 15.1. The van der Waals surface area contributed by atoms with E-state index in [1.54, 1.807) is 22.8 Å². The first-order valence-electron chi connectivity index (χ1n) is 11.5. The van der Waals surface area contributed by atoms with Gasteiger partial charge in [0.1, 0.15) is 11.5 Å². The molecular formula is C26H33FN5O. The van der Waals surface area contributed by atoms with Crippen molar-refractivity contribution in [2.24, 2.45) is 0 Å². The van der Waals surface area contributed by atoms with Crippen LogP contribution in [-0.2, 0) is 0 Å². The maximum absolute atomic E-state index is 13.5. The minimum atomic E-state index is -0.297. The van der Waals surface area contributed by atoms with Crippen molar-refractivity contribution >= 4 is 11.6 Å². The molecule has 175 valence electrons. The molecule has 33 heavy (non-hydrogen) atoms. The van der Waals surface area contributed by atoms with Crippen LogP contribution in [0.5, 0.6) is 0 Å². The molecule has 1 aromatic carbocycles. The first-order chi connectivity index (χ1) is 15.5. The van der Waals surface area contributed by atoms with Crippen molar-refractivity contribution in [2.75, 3.05) is 26.2 Å². The van der Waals surface area contributed by atoms with E-state index in [0.29, 0.717) is 17.9 Å². The molecule has 0 aliphatic carbocycles. The molecule has 1 radical (unpaired) electrons. The van der Waals surface area contributed by atoms with Crippen molar-refractivity contribution in [1.29, 1.82) is 0 Å². The van der Waals surface area contributed by atoms with Crippen molar-refractivity contribution in [3.05, 3.63) is 59.5 Å². The number of nitrogens with zero attached hydrogens (tertiary/aromatic N) is 5. The Hall–Kier alpha value is -2.80. The van der Waals surface area contributed by atoms with Crippen LogP contribution in [0.15, 0.2) is 36.5 Å². The molecule has 1 saturated heterocycles. The Bertz CT molecular complexity index is 1150. The molecule has 0 bridgehead atoms. The van der Waals surface area contributed by atoms with Crippen LogP contribution < -0.4 is 0 Å². The predicted molar refractivity (Wildman–Crippen MR) is 129 cm³/mol. The molecule has 1 aliphatic rings. The Morgan fingerprint density at radius 2 is 1.85 bits per heavy atom. The molecule has 1 fully saturated rings. The molecule has 4 rings (SSSR count). The Balaban J connectivity index is 1.68. The number of halogens is 1. The number of benzene rings is 1. The second-order valence-corrected chi connectivity index (χ2v) is 10.2. The highest BCUT2D eigenvalue weighted by atomic mass is 19.1. The largest absolute Gasteiger partial charge is 0.330 e. The number of amides is 1. The minimum absolute atomic E-state index is 0.0691.